The second kappa shape index (κ2) is 10.5. The van der Waals surface area contributed by atoms with Gasteiger partial charge < -0.3 is 19.1 Å². The second-order valence-corrected chi connectivity index (χ2v) is 10.7. The van der Waals surface area contributed by atoms with E-state index in [0.29, 0.717) is 38.4 Å². The summed E-state index contributed by atoms with van der Waals surface area (Å²) in [7, 11) is 0.898. The van der Waals surface area contributed by atoms with Crippen LogP contribution < -0.4 is 18.9 Å². The van der Waals surface area contributed by atoms with E-state index in [4.69, 9.17) is 37.4 Å². The third-order valence-corrected chi connectivity index (χ3v) is 7.70. The van der Waals surface area contributed by atoms with Crippen molar-refractivity contribution in [3.8, 4) is 28.4 Å². The summed E-state index contributed by atoms with van der Waals surface area (Å²) in [6.45, 7) is 1.71. The summed E-state index contributed by atoms with van der Waals surface area (Å²) in [4.78, 5) is 2.17. The number of benzene rings is 3. The summed E-state index contributed by atoms with van der Waals surface area (Å²) in [6, 6.07) is 14.8. The topological polar surface area (TPSA) is 77.1 Å². The van der Waals surface area contributed by atoms with Crippen LogP contribution in [0.15, 0.2) is 59.5 Å². The van der Waals surface area contributed by atoms with Gasteiger partial charge in [-0.15, -0.1) is 0 Å². The Morgan fingerprint density at radius 2 is 1.71 bits per heavy atom. The van der Waals surface area contributed by atoms with Crippen LogP contribution >= 0.6 is 23.2 Å². The molecule has 1 N–H and O–H groups in total. The van der Waals surface area contributed by atoms with E-state index < -0.39 is 10.0 Å². The molecule has 1 saturated heterocycles. The number of likely N-dealkylation sites (tertiary alicyclic amines) is 1. The van der Waals surface area contributed by atoms with Gasteiger partial charge in [-0.2, -0.15) is 0 Å². The number of anilines is 1. The molecule has 0 unspecified atom stereocenters. The van der Waals surface area contributed by atoms with Gasteiger partial charge >= 0.3 is 0 Å². The number of nitrogens with one attached hydrogen (secondary N) is 1. The van der Waals surface area contributed by atoms with Crippen LogP contribution in [0.25, 0.3) is 11.1 Å². The fraction of sp³-hybridized carbons (Fsp3) is 0.280. The van der Waals surface area contributed by atoms with Gasteiger partial charge in [0.1, 0.15) is 11.9 Å². The Morgan fingerprint density at radius 1 is 0.971 bits per heavy atom. The third kappa shape index (κ3) is 5.78. The van der Waals surface area contributed by atoms with Crippen molar-refractivity contribution < 1.29 is 22.6 Å². The number of nitrogens with zero attached hydrogens (tertiary/aromatic N) is 1. The molecule has 1 aliphatic rings. The maximum absolute atomic E-state index is 13.6. The first-order valence-corrected chi connectivity index (χ1v) is 13.1. The van der Waals surface area contributed by atoms with Crippen molar-refractivity contribution >= 4 is 38.9 Å². The predicted octanol–water partition coefficient (Wildman–Crippen LogP) is 5.56. The van der Waals surface area contributed by atoms with Gasteiger partial charge in [0.2, 0.25) is 0 Å². The first-order chi connectivity index (χ1) is 16.7. The first-order valence-electron chi connectivity index (χ1n) is 10.9. The normalized spacial score (nSPS) is 16.2. The average Bonchev–Trinajstić information content (AvgIpc) is 3.24. The fourth-order valence-electron chi connectivity index (χ4n) is 4.00. The van der Waals surface area contributed by atoms with E-state index in [9.17, 15) is 8.42 Å². The molecule has 0 aromatic heterocycles. The van der Waals surface area contributed by atoms with Crippen LogP contribution in [-0.2, 0) is 10.0 Å². The molecule has 0 aliphatic carbocycles. The van der Waals surface area contributed by atoms with Crippen LogP contribution in [0.1, 0.15) is 6.42 Å². The highest BCUT2D eigenvalue weighted by Gasteiger charge is 2.25. The molecule has 4 rings (SSSR count). The van der Waals surface area contributed by atoms with Gasteiger partial charge in [0, 0.05) is 35.8 Å². The zero-order valence-corrected chi connectivity index (χ0v) is 21.9. The average molecular weight is 537 g/mol. The molecule has 3 aromatic rings. The van der Waals surface area contributed by atoms with E-state index >= 15 is 0 Å². The monoisotopic (exact) mass is 536 g/mol. The zero-order valence-electron chi connectivity index (χ0n) is 19.5. The van der Waals surface area contributed by atoms with Crippen molar-refractivity contribution in [2.45, 2.75) is 17.4 Å². The highest BCUT2D eigenvalue weighted by atomic mass is 35.5. The SMILES string of the molecule is COc1cc(-c2cccc(Cl)c2)c(S(=O)(=O)Nc2ccc(Cl)c(O[C@@H]3CCN(C)C3)c2)cc1OC. The number of sulfonamides is 1. The molecule has 1 heterocycles. The van der Waals surface area contributed by atoms with Gasteiger partial charge in [-0.25, -0.2) is 8.42 Å². The van der Waals surface area contributed by atoms with Gasteiger partial charge in [0.15, 0.2) is 11.5 Å². The highest BCUT2D eigenvalue weighted by Crippen LogP contribution is 2.39. The minimum absolute atomic E-state index is 0.00672. The Morgan fingerprint density at radius 3 is 2.37 bits per heavy atom. The summed E-state index contributed by atoms with van der Waals surface area (Å²) in [6.07, 6.45) is 0.863. The Bertz CT molecular complexity index is 1330. The van der Waals surface area contributed by atoms with Gasteiger partial charge in [0.25, 0.3) is 10.0 Å². The molecule has 0 bridgehead atoms. The first kappa shape index (κ1) is 25.4. The molecule has 3 aromatic carbocycles. The fourth-order valence-corrected chi connectivity index (χ4v) is 5.63. The van der Waals surface area contributed by atoms with E-state index in [1.807, 2.05) is 7.05 Å². The number of hydrogen-bond donors (Lipinski definition) is 1. The molecule has 1 atom stereocenters. The largest absolute Gasteiger partial charge is 0.493 e. The lowest BCUT2D eigenvalue weighted by molar-refractivity contribution is 0.208. The molecule has 0 radical (unpaired) electrons. The molecule has 1 fully saturated rings. The minimum Gasteiger partial charge on any atom is -0.493 e. The summed E-state index contributed by atoms with van der Waals surface area (Å²) in [5, 5.41) is 0.888. The maximum Gasteiger partial charge on any atom is 0.262 e. The van der Waals surface area contributed by atoms with Crippen LogP contribution in [0.3, 0.4) is 0 Å². The van der Waals surface area contributed by atoms with Crippen molar-refractivity contribution in [1.82, 2.24) is 4.90 Å². The lowest BCUT2D eigenvalue weighted by Crippen LogP contribution is -2.21. The number of ether oxygens (including phenoxy) is 3. The molecule has 10 heteroatoms. The van der Waals surface area contributed by atoms with E-state index in [-0.39, 0.29) is 16.7 Å². The van der Waals surface area contributed by atoms with Crippen LogP contribution in [0, 0.1) is 0 Å². The summed E-state index contributed by atoms with van der Waals surface area (Å²) in [5.74, 6) is 1.10. The number of likely N-dealkylation sites (N-methyl/N-ethyl adjacent to an activating group) is 1. The number of halogens is 2. The van der Waals surface area contributed by atoms with Crippen LogP contribution in [0.5, 0.6) is 17.2 Å². The van der Waals surface area contributed by atoms with Crippen LogP contribution in [0.2, 0.25) is 10.0 Å². The molecular weight excluding hydrogens is 511 g/mol. The smallest absolute Gasteiger partial charge is 0.262 e. The minimum atomic E-state index is -4.06. The highest BCUT2D eigenvalue weighted by molar-refractivity contribution is 7.92. The van der Waals surface area contributed by atoms with Gasteiger partial charge in [-0.1, -0.05) is 35.3 Å². The van der Waals surface area contributed by atoms with Crippen molar-refractivity contribution in [3.05, 3.63) is 64.6 Å². The third-order valence-electron chi connectivity index (χ3n) is 5.74. The summed E-state index contributed by atoms with van der Waals surface area (Å²) in [5.41, 5.74) is 1.35. The number of rotatable bonds is 8. The Hall–Kier alpha value is -2.65. The molecule has 0 amide bonds. The molecule has 7 nitrogen and oxygen atoms in total. The Balaban J connectivity index is 1.72. The lowest BCUT2D eigenvalue weighted by Gasteiger charge is -2.18. The van der Waals surface area contributed by atoms with Crippen molar-refractivity contribution in [2.24, 2.45) is 0 Å². The molecule has 0 saturated carbocycles. The van der Waals surface area contributed by atoms with Crippen LogP contribution in [-0.4, -0.2) is 53.8 Å². The van der Waals surface area contributed by atoms with Crippen molar-refractivity contribution in [2.75, 3.05) is 39.1 Å². The summed E-state index contributed by atoms with van der Waals surface area (Å²) < 4.78 is 46.7. The maximum atomic E-state index is 13.6. The second-order valence-electron chi connectivity index (χ2n) is 8.26. The van der Waals surface area contributed by atoms with Gasteiger partial charge in [-0.05, 0) is 49.4 Å². The van der Waals surface area contributed by atoms with Gasteiger partial charge in [-0.3, -0.25) is 4.72 Å². The zero-order chi connectivity index (χ0) is 25.2. The van der Waals surface area contributed by atoms with E-state index in [0.717, 1.165) is 19.5 Å². The summed E-state index contributed by atoms with van der Waals surface area (Å²) >= 11 is 12.5. The van der Waals surface area contributed by atoms with Crippen molar-refractivity contribution in [1.29, 1.82) is 0 Å². The Kier molecular flexibility index (Phi) is 7.66. The number of methoxy groups -OCH3 is 2. The quantitative estimate of drug-likeness (QED) is 0.406. The van der Waals surface area contributed by atoms with E-state index in [1.165, 1.54) is 20.3 Å². The standard InChI is InChI=1S/C25H26Cl2N2O5S/c1-29-10-9-19(15-29)34-22-12-18(7-8-21(22)27)28-35(30,31)25-14-24(33-3)23(32-2)13-20(25)16-5-4-6-17(26)11-16/h4-8,11-14,19,28H,9-10,15H2,1-3H3/t19-/m1/s1. The molecule has 1 aliphatic heterocycles. The van der Waals surface area contributed by atoms with E-state index in [2.05, 4.69) is 9.62 Å². The number of hydrogen-bond acceptors (Lipinski definition) is 6. The molecular formula is C25H26Cl2N2O5S. The van der Waals surface area contributed by atoms with Crippen molar-refractivity contribution in [3.63, 3.8) is 0 Å². The molecule has 35 heavy (non-hydrogen) atoms. The molecule has 0 spiro atoms. The van der Waals surface area contributed by atoms with Crippen LogP contribution in [0.4, 0.5) is 5.69 Å². The Labute approximate surface area is 215 Å². The molecule has 186 valence electrons. The van der Waals surface area contributed by atoms with Gasteiger partial charge in [0.05, 0.1) is 29.8 Å². The predicted molar refractivity (Wildman–Crippen MR) is 139 cm³/mol. The lowest BCUT2D eigenvalue weighted by atomic mass is 10.1. The van der Waals surface area contributed by atoms with E-state index in [1.54, 1.807) is 48.5 Å².